The fourth-order valence-electron chi connectivity index (χ4n) is 2.97. The van der Waals surface area contributed by atoms with Gasteiger partial charge in [0.15, 0.2) is 15.8 Å². The van der Waals surface area contributed by atoms with Crippen molar-refractivity contribution in [3.63, 3.8) is 0 Å². The van der Waals surface area contributed by atoms with E-state index in [0.29, 0.717) is 36.5 Å². The van der Waals surface area contributed by atoms with Crippen molar-refractivity contribution < 1.29 is 13.2 Å². The highest BCUT2D eigenvalue weighted by molar-refractivity contribution is 7.90. The minimum Gasteiger partial charge on any atom is -0.493 e. The van der Waals surface area contributed by atoms with E-state index in [1.165, 1.54) is 11.8 Å². The molecule has 170 valence electrons. The summed E-state index contributed by atoms with van der Waals surface area (Å²) in [5.74, 6) is 2.23. The Balaban J connectivity index is 1.87. The maximum atomic E-state index is 11.6. The predicted octanol–water partition coefficient (Wildman–Crippen LogP) is 3.73. The number of aliphatic imine (C=N–C) groups is 1. The van der Waals surface area contributed by atoms with Crippen LogP contribution >= 0.6 is 0 Å². The minimum absolute atomic E-state index is 0.339. The second-order valence-corrected chi connectivity index (χ2v) is 10.2. The van der Waals surface area contributed by atoms with Crippen LogP contribution in [0.15, 0.2) is 52.4 Å². The molecule has 2 aromatic carbocycles. The molecule has 0 fully saturated rings. The standard InChI is InChI=1S/C24H35N3O3S/c1-18(2)13-15-30-23-16-19(3)6-9-21(23)17-27-24(25-4)26-14-12-20-7-10-22(11-8-20)31(5,28)29/h6-11,16,18H,12-15,17H2,1-5H3,(H2,25,26,27). The Morgan fingerprint density at radius 2 is 1.81 bits per heavy atom. The third-order valence-corrected chi connectivity index (χ3v) is 6.03. The average Bonchev–Trinajstić information content (AvgIpc) is 2.71. The van der Waals surface area contributed by atoms with E-state index in [4.69, 9.17) is 4.74 Å². The first-order valence-corrected chi connectivity index (χ1v) is 12.5. The number of ether oxygens (including phenoxy) is 1. The number of rotatable bonds is 10. The minimum atomic E-state index is -3.16. The van der Waals surface area contributed by atoms with Gasteiger partial charge in [0, 0.05) is 32.0 Å². The van der Waals surface area contributed by atoms with Crippen molar-refractivity contribution in [2.45, 2.75) is 45.1 Å². The first-order chi connectivity index (χ1) is 14.7. The van der Waals surface area contributed by atoms with E-state index < -0.39 is 9.84 Å². The molecule has 0 aliphatic heterocycles. The van der Waals surface area contributed by atoms with Gasteiger partial charge in [0.05, 0.1) is 11.5 Å². The van der Waals surface area contributed by atoms with Crippen LogP contribution in [0.1, 0.15) is 37.0 Å². The lowest BCUT2D eigenvalue weighted by Gasteiger charge is -2.16. The third-order valence-electron chi connectivity index (χ3n) is 4.90. The van der Waals surface area contributed by atoms with E-state index in [0.717, 1.165) is 29.7 Å². The molecule has 0 heterocycles. The normalized spacial score (nSPS) is 12.1. The molecule has 0 aliphatic rings. The Morgan fingerprint density at radius 3 is 2.42 bits per heavy atom. The SMILES string of the molecule is CN=C(NCCc1ccc(S(C)(=O)=O)cc1)NCc1ccc(C)cc1OCCC(C)C. The van der Waals surface area contributed by atoms with Crippen molar-refractivity contribution in [2.24, 2.45) is 10.9 Å². The van der Waals surface area contributed by atoms with Crippen molar-refractivity contribution in [1.29, 1.82) is 0 Å². The van der Waals surface area contributed by atoms with Gasteiger partial charge in [0.1, 0.15) is 5.75 Å². The van der Waals surface area contributed by atoms with Crippen molar-refractivity contribution in [2.75, 3.05) is 26.5 Å². The molecule has 2 N–H and O–H groups in total. The molecule has 0 unspecified atom stereocenters. The Bertz CT molecular complexity index is 968. The molecule has 2 rings (SSSR count). The van der Waals surface area contributed by atoms with E-state index in [1.54, 1.807) is 19.2 Å². The zero-order valence-corrected chi connectivity index (χ0v) is 20.1. The number of benzene rings is 2. The lowest BCUT2D eigenvalue weighted by atomic mass is 10.1. The first-order valence-electron chi connectivity index (χ1n) is 10.6. The molecular weight excluding hydrogens is 410 g/mol. The van der Waals surface area contributed by atoms with Crippen LogP contribution in [0.5, 0.6) is 5.75 Å². The summed E-state index contributed by atoms with van der Waals surface area (Å²) in [5.41, 5.74) is 3.33. The molecule has 0 aromatic heterocycles. The second kappa shape index (κ2) is 11.7. The molecule has 0 saturated carbocycles. The molecule has 0 aliphatic carbocycles. The number of nitrogens with one attached hydrogen (secondary N) is 2. The highest BCUT2D eigenvalue weighted by Gasteiger charge is 2.08. The highest BCUT2D eigenvalue weighted by atomic mass is 32.2. The van der Waals surface area contributed by atoms with Crippen LogP contribution in [0.3, 0.4) is 0 Å². The van der Waals surface area contributed by atoms with E-state index in [2.05, 4.69) is 54.6 Å². The fraction of sp³-hybridized carbons (Fsp3) is 0.458. The Hall–Kier alpha value is -2.54. The molecule has 2 aromatic rings. The highest BCUT2D eigenvalue weighted by Crippen LogP contribution is 2.21. The zero-order chi connectivity index (χ0) is 22.9. The van der Waals surface area contributed by atoms with Crippen LogP contribution in [0.4, 0.5) is 0 Å². The van der Waals surface area contributed by atoms with Gasteiger partial charge in [-0.3, -0.25) is 4.99 Å². The molecule has 0 radical (unpaired) electrons. The molecule has 7 heteroatoms. The van der Waals surface area contributed by atoms with Gasteiger partial charge < -0.3 is 15.4 Å². The van der Waals surface area contributed by atoms with Gasteiger partial charge in [-0.25, -0.2) is 8.42 Å². The summed E-state index contributed by atoms with van der Waals surface area (Å²) in [7, 11) is -1.42. The molecule has 0 bridgehead atoms. The number of hydrogen-bond donors (Lipinski definition) is 2. The molecule has 0 atom stereocenters. The molecule has 0 amide bonds. The van der Waals surface area contributed by atoms with Gasteiger partial charge in [0.2, 0.25) is 0 Å². The van der Waals surface area contributed by atoms with E-state index >= 15 is 0 Å². The summed E-state index contributed by atoms with van der Waals surface area (Å²) in [6, 6.07) is 13.2. The van der Waals surface area contributed by atoms with Crippen LogP contribution in [0.25, 0.3) is 0 Å². The summed E-state index contributed by atoms with van der Waals surface area (Å²) in [4.78, 5) is 4.63. The van der Waals surface area contributed by atoms with Crippen LogP contribution in [-0.2, 0) is 22.8 Å². The Labute approximate surface area is 187 Å². The monoisotopic (exact) mass is 445 g/mol. The fourth-order valence-corrected chi connectivity index (χ4v) is 3.61. The van der Waals surface area contributed by atoms with Crippen molar-refractivity contribution in [3.8, 4) is 5.75 Å². The van der Waals surface area contributed by atoms with Crippen LogP contribution in [-0.4, -0.2) is 40.8 Å². The predicted molar refractivity (Wildman–Crippen MR) is 128 cm³/mol. The summed E-state index contributed by atoms with van der Waals surface area (Å²) in [6.45, 7) is 8.45. The molecule has 0 saturated heterocycles. The van der Waals surface area contributed by atoms with Gasteiger partial charge in [-0.15, -0.1) is 0 Å². The van der Waals surface area contributed by atoms with Crippen molar-refractivity contribution in [1.82, 2.24) is 10.6 Å². The maximum Gasteiger partial charge on any atom is 0.191 e. The summed E-state index contributed by atoms with van der Waals surface area (Å²) < 4.78 is 29.1. The largest absolute Gasteiger partial charge is 0.493 e. The maximum absolute atomic E-state index is 11.6. The lowest BCUT2D eigenvalue weighted by Crippen LogP contribution is -2.37. The lowest BCUT2D eigenvalue weighted by molar-refractivity contribution is 0.286. The third kappa shape index (κ3) is 8.61. The van der Waals surface area contributed by atoms with Crippen LogP contribution < -0.4 is 15.4 Å². The van der Waals surface area contributed by atoms with E-state index in [9.17, 15) is 8.42 Å². The molecule has 31 heavy (non-hydrogen) atoms. The zero-order valence-electron chi connectivity index (χ0n) is 19.2. The Kier molecular flexibility index (Phi) is 9.37. The molecular formula is C24H35N3O3S. The number of sulfone groups is 1. The Morgan fingerprint density at radius 1 is 1.10 bits per heavy atom. The number of nitrogens with zero attached hydrogens (tertiary/aromatic N) is 1. The second-order valence-electron chi connectivity index (χ2n) is 8.16. The summed E-state index contributed by atoms with van der Waals surface area (Å²) in [6.07, 6.45) is 3.00. The van der Waals surface area contributed by atoms with E-state index in [-0.39, 0.29) is 0 Å². The smallest absolute Gasteiger partial charge is 0.191 e. The summed E-state index contributed by atoms with van der Waals surface area (Å²) >= 11 is 0. The van der Waals surface area contributed by atoms with Gasteiger partial charge in [0.25, 0.3) is 0 Å². The topological polar surface area (TPSA) is 79.8 Å². The first kappa shape index (κ1) is 24.7. The van der Waals surface area contributed by atoms with Crippen LogP contribution in [0.2, 0.25) is 0 Å². The quantitative estimate of drug-likeness (QED) is 0.430. The van der Waals surface area contributed by atoms with Gasteiger partial charge in [-0.1, -0.05) is 38.1 Å². The van der Waals surface area contributed by atoms with Crippen molar-refractivity contribution >= 4 is 15.8 Å². The number of guanidine groups is 1. The van der Waals surface area contributed by atoms with Gasteiger partial charge >= 0.3 is 0 Å². The van der Waals surface area contributed by atoms with Crippen molar-refractivity contribution in [3.05, 3.63) is 59.2 Å². The van der Waals surface area contributed by atoms with E-state index in [1.807, 2.05) is 12.1 Å². The summed E-state index contributed by atoms with van der Waals surface area (Å²) in [5, 5.41) is 6.64. The number of hydrogen-bond acceptors (Lipinski definition) is 4. The van der Waals surface area contributed by atoms with Gasteiger partial charge in [-0.2, -0.15) is 0 Å². The molecule has 0 spiro atoms. The van der Waals surface area contributed by atoms with Gasteiger partial charge in [-0.05, 0) is 55.0 Å². The van der Waals surface area contributed by atoms with Crippen LogP contribution in [0, 0.1) is 12.8 Å². The number of aryl methyl sites for hydroxylation is 1. The molecule has 6 nitrogen and oxygen atoms in total. The average molecular weight is 446 g/mol.